The molecule has 4 N–H and O–H groups in total. The van der Waals surface area contributed by atoms with E-state index >= 15 is 0 Å². The molecular weight excluding hydrogens is 185 g/mol. The first-order chi connectivity index (χ1) is 5.77. The van der Waals surface area contributed by atoms with Crippen molar-refractivity contribution in [3.05, 3.63) is 0 Å². The Morgan fingerprint density at radius 2 is 1.92 bits per heavy atom. The van der Waals surface area contributed by atoms with Gasteiger partial charge < -0.3 is 10.8 Å². The molecule has 0 spiro atoms. The molecule has 0 aliphatic heterocycles. The van der Waals surface area contributed by atoms with Gasteiger partial charge >= 0.3 is 6.18 Å². The van der Waals surface area contributed by atoms with E-state index in [-0.39, 0.29) is 6.61 Å². The molecule has 0 heterocycles. The maximum atomic E-state index is 12.4. The Balaban J connectivity index is 4.46. The monoisotopic (exact) mass is 200 g/mol. The van der Waals surface area contributed by atoms with Crippen molar-refractivity contribution in [2.24, 2.45) is 5.73 Å². The van der Waals surface area contributed by atoms with Gasteiger partial charge in [-0.1, -0.05) is 0 Å². The van der Waals surface area contributed by atoms with E-state index in [1.165, 1.54) is 6.92 Å². The van der Waals surface area contributed by atoms with Crippen molar-refractivity contribution >= 4 is 0 Å². The van der Waals surface area contributed by atoms with Gasteiger partial charge in [0.15, 0.2) is 0 Å². The molecule has 0 saturated heterocycles. The lowest BCUT2D eigenvalue weighted by Gasteiger charge is -2.34. The highest BCUT2D eigenvalue weighted by Gasteiger charge is 2.50. The molecule has 0 aromatic heterocycles. The van der Waals surface area contributed by atoms with Crippen molar-refractivity contribution < 1.29 is 18.3 Å². The zero-order valence-electron chi connectivity index (χ0n) is 7.65. The molecule has 0 saturated carbocycles. The van der Waals surface area contributed by atoms with Crippen LogP contribution in [0, 0.1) is 0 Å². The quantitative estimate of drug-likeness (QED) is 0.609. The van der Waals surface area contributed by atoms with Gasteiger partial charge in [0.25, 0.3) is 0 Å². The van der Waals surface area contributed by atoms with Crippen molar-refractivity contribution in [3.8, 4) is 0 Å². The van der Waals surface area contributed by atoms with E-state index in [1.807, 2.05) is 0 Å². The summed E-state index contributed by atoms with van der Waals surface area (Å²) in [6.45, 7) is 1.52. The van der Waals surface area contributed by atoms with Crippen LogP contribution in [0.1, 0.15) is 13.8 Å². The molecular formula is C7H15F3N2O. The lowest BCUT2D eigenvalue weighted by Crippen LogP contribution is -2.62. The van der Waals surface area contributed by atoms with Gasteiger partial charge in [-0.05, 0) is 13.8 Å². The maximum Gasteiger partial charge on any atom is 0.407 e. The molecule has 3 nitrogen and oxygen atoms in total. The van der Waals surface area contributed by atoms with Gasteiger partial charge in [0.2, 0.25) is 0 Å². The number of aliphatic hydroxyl groups excluding tert-OH is 1. The van der Waals surface area contributed by atoms with Gasteiger partial charge in [0.1, 0.15) is 5.54 Å². The number of halogens is 3. The van der Waals surface area contributed by atoms with Crippen molar-refractivity contribution in [2.75, 3.05) is 13.2 Å². The summed E-state index contributed by atoms with van der Waals surface area (Å²) in [5, 5.41) is 10.8. The number of alkyl halides is 3. The SMILES string of the molecule is CC(CO)NC(C)(CN)C(F)(F)F. The molecule has 0 rings (SSSR count). The molecule has 0 fully saturated rings. The number of nitrogens with one attached hydrogen (secondary N) is 1. The van der Waals surface area contributed by atoms with Crippen molar-refractivity contribution in [3.63, 3.8) is 0 Å². The molecule has 0 aromatic rings. The van der Waals surface area contributed by atoms with Crippen LogP contribution < -0.4 is 11.1 Å². The second kappa shape index (κ2) is 4.26. The summed E-state index contributed by atoms with van der Waals surface area (Å²) in [7, 11) is 0. The Hall–Kier alpha value is -0.330. The van der Waals surface area contributed by atoms with Gasteiger partial charge in [-0.25, -0.2) is 0 Å². The van der Waals surface area contributed by atoms with Crippen LogP contribution >= 0.6 is 0 Å². The summed E-state index contributed by atoms with van der Waals surface area (Å²) < 4.78 is 37.1. The van der Waals surface area contributed by atoms with E-state index in [0.717, 1.165) is 6.92 Å². The molecule has 80 valence electrons. The lowest BCUT2D eigenvalue weighted by atomic mass is 10.0. The van der Waals surface area contributed by atoms with Crippen LogP contribution in [0.15, 0.2) is 0 Å². The van der Waals surface area contributed by atoms with E-state index in [0.29, 0.717) is 0 Å². The lowest BCUT2D eigenvalue weighted by molar-refractivity contribution is -0.191. The minimum Gasteiger partial charge on any atom is -0.395 e. The molecule has 6 heteroatoms. The molecule has 0 amide bonds. The number of aliphatic hydroxyl groups is 1. The van der Waals surface area contributed by atoms with E-state index in [9.17, 15) is 13.2 Å². The Bertz CT molecular complexity index is 162. The third-order valence-electron chi connectivity index (χ3n) is 1.87. The van der Waals surface area contributed by atoms with Gasteiger partial charge in [-0.3, -0.25) is 5.32 Å². The van der Waals surface area contributed by atoms with Crippen LogP contribution in [-0.2, 0) is 0 Å². The summed E-state index contributed by atoms with van der Waals surface area (Å²) >= 11 is 0. The van der Waals surface area contributed by atoms with Gasteiger partial charge in [0, 0.05) is 12.6 Å². The summed E-state index contributed by atoms with van der Waals surface area (Å²) in [5.41, 5.74) is 2.90. The van der Waals surface area contributed by atoms with E-state index in [4.69, 9.17) is 10.8 Å². The molecule has 2 unspecified atom stereocenters. The maximum absolute atomic E-state index is 12.4. The second-order valence-corrected chi connectivity index (χ2v) is 3.26. The molecule has 2 atom stereocenters. The third kappa shape index (κ3) is 3.13. The number of nitrogens with two attached hydrogens (primary N) is 1. The zero-order valence-corrected chi connectivity index (χ0v) is 7.65. The predicted octanol–water partition coefficient (Wildman–Crippen LogP) is 0.236. The molecule has 0 aromatic carbocycles. The van der Waals surface area contributed by atoms with Gasteiger partial charge in [-0.15, -0.1) is 0 Å². The van der Waals surface area contributed by atoms with Gasteiger partial charge in [0.05, 0.1) is 6.61 Å². The van der Waals surface area contributed by atoms with Crippen LogP contribution in [-0.4, -0.2) is 36.0 Å². The average Bonchev–Trinajstić information content (AvgIpc) is 2.02. The standard InChI is InChI=1S/C7H15F3N2O/c1-5(3-13)12-6(2,4-11)7(8,9)10/h5,12-13H,3-4,11H2,1-2H3. The second-order valence-electron chi connectivity index (χ2n) is 3.26. The summed E-state index contributed by atoms with van der Waals surface area (Å²) in [5.74, 6) is 0. The minimum absolute atomic E-state index is 0.355. The fourth-order valence-corrected chi connectivity index (χ4v) is 0.846. The smallest absolute Gasteiger partial charge is 0.395 e. The van der Waals surface area contributed by atoms with Gasteiger partial charge in [-0.2, -0.15) is 13.2 Å². The van der Waals surface area contributed by atoms with Crippen LogP contribution in [0.25, 0.3) is 0 Å². The topological polar surface area (TPSA) is 58.3 Å². The van der Waals surface area contributed by atoms with Crippen LogP contribution in [0.5, 0.6) is 0 Å². The van der Waals surface area contributed by atoms with Crippen molar-refractivity contribution in [1.29, 1.82) is 0 Å². The third-order valence-corrected chi connectivity index (χ3v) is 1.87. The van der Waals surface area contributed by atoms with Crippen LogP contribution in [0.3, 0.4) is 0 Å². The molecule has 0 bridgehead atoms. The Labute approximate surface area is 75.1 Å². The fourth-order valence-electron chi connectivity index (χ4n) is 0.846. The highest BCUT2D eigenvalue weighted by atomic mass is 19.4. The Kier molecular flexibility index (Phi) is 4.15. The number of hydrogen-bond acceptors (Lipinski definition) is 3. The molecule has 13 heavy (non-hydrogen) atoms. The number of rotatable bonds is 4. The summed E-state index contributed by atoms with van der Waals surface area (Å²) in [4.78, 5) is 0. The first-order valence-corrected chi connectivity index (χ1v) is 3.92. The van der Waals surface area contributed by atoms with Crippen LogP contribution in [0.4, 0.5) is 13.2 Å². The molecule has 0 radical (unpaired) electrons. The predicted molar refractivity (Wildman–Crippen MR) is 43.2 cm³/mol. The Morgan fingerprint density at radius 3 is 2.15 bits per heavy atom. The first-order valence-electron chi connectivity index (χ1n) is 3.92. The van der Waals surface area contributed by atoms with E-state index < -0.39 is 24.3 Å². The van der Waals surface area contributed by atoms with E-state index in [2.05, 4.69) is 5.32 Å². The van der Waals surface area contributed by atoms with E-state index in [1.54, 1.807) is 0 Å². The van der Waals surface area contributed by atoms with Crippen LogP contribution in [0.2, 0.25) is 0 Å². The average molecular weight is 200 g/mol. The normalized spacial score (nSPS) is 19.6. The summed E-state index contributed by atoms with van der Waals surface area (Å²) in [6.07, 6.45) is -4.41. The largest absolute Gasteiger partial charge is 0.407 e. The molecule has 0 aliphatic rings. The van der Waals surface area contributed by atoms with Crippen molar-refractivity contribution in [2.45, 2.75) is 31.6 Å². The highest BCUT2D eigenvalue weighted by molar-refractivity contribution is 4.93. The molecule has 0 aliphatic carbocycles. The van der Waals surface area contributed by atoms with Crippen molar-refractivity contribution in [1.82, 2.24) is 5.32 Å². The highest BCUT2D eigenvalue weighted by Crippen LogP contribution is 2.29. The Morgan fingerprint density at radius 1 is 1.46 bits per heavy atom. The fraction of sp³-hybridized carbons (Fsp3) is 1.00. The first kappa shape index (κ1) is 12.7. The number of hydrogen-bond donors (Lipinski definition) is 3. The minimum atomic E-state index is -4.41. The zero-order chi connectivity index (χ0) is 10.7. The summed E-state index contributed by atoms with van der Waals surface area (Å²) in [6, 6.07) is -0.629.